The summed E-state index contributed by atoms with van der Waals surface area (Å²) in [7, 11) is 3.30. The summed E-state index contributed by atoms with van der Waals surface area (Å²) in [4.78, 5) is 20.7. The van der Waals surface area contributed by atoms with Crippen molar-refractivity contribution < 1.29 is 14.3 Å². The molecule has 1 aliphatic heterocycles. The highest BCUT2D eigenvalue weighted by molar-refractivity contribution is 5.94. The van der Waals surface area contributed by atoms with Crippen LogP contribution in [0.1, 0.15) is 46.0 Å². The Hall–Kier alpha value is -1.39. The van der Waals surface area contributed by atoms with Crippen LogP contribution in [0.25, 0.3) is 0 Å². The standard InChI is InChI=1S/C16H26N2O3/c1-10(2)14-16(21-4)17-13(15(18-14)20-3)9-11-5-7-12(19)8-6-11/h10-11,13-14H,5-9H2,1-4H3/t13-,14+/m0/s1. The molecule has 0 bridgehead atoms. The lowest BCUT2D eigenvalue weighted by molar-refractivity contribution is -0.121. The first-order valence-electron chi connectivity index (χ1n) is 7.80. The van der Waals surface area contributed by atoms with Gasteiger partial charge in [-0.3, -0.25) is 4.79 Å². The Morgan fingerprint density at radius 3 is 2.24 bits per heavy atom. The Balaban J connectivity index is 2.08. The van der Waals surface area contributed by atoms with E-state index in [0.29, 0.717) is 42.3 Å². The van der Waals surface area contributed by atoms with E-state index in [1.165, 1.54) is 0 Å². The number of rotatable bonds is 3. The zero-order valence-electron chi connectivity index (χ0n) is 13.5. The Labute approximate surface area is 126 Å². The van der Waals surface area contributed by atoms with Crippen LogP contribution in [-0.4, -0.2) is 43.9 Å². The number of carbonyl (C=O) groups is 1. The third kappa shape index (κ3) is 3.83. The average Bonchev–Trinajstić information content (AvgIpc) is 2.48. The van der Waals surface area contributed by atoms with E-state index >= 15 is 0 Å². The van der Waals surface area contributed by atoms with Gasteiger partial charge in [0, 0.05) is 12.8 Å². The molecule has 2 aliphatic rings. The summed E-state index contributed by atoms with van der Waals surface area (Å²) >= 11 is 0. The predicted octanol–water partition coefficient (Wildman–Crippen LogP) is 2.63. The van der Waals surface area contributed by atoms with Gasteiger partial charge < -0.3 is 9.47 Å². The van der Waals surface area contributed by atoms with Crippen LogP contribution < -0.4 is 0 Å². The molecule has 0 radical (unpaired) electrons. The minimum Gasteiger partial charge on any atom is -0.483 e. The number of methoxy groups -OCH3 is 2. The SMILES string of the molecule is COC1=N[C@H](C(C)C)C(OC)=N[C@H]1CC1CCC(=O)CC1. The van der Waals surface area contributed by atoms with E-state index in [1.807, 2.05) is 0 Å². The number of ketones is 1. The Bertz CT molecular complexity index is 433. The van der Waals surface area contributed by atoms with Gasteiger partial charge in [0.05, 0.1) is 14.2 Å². The van der Waals surface area contributed by atoms with Gasteiger partial charge in [-0.25, -0.2) is 9.98 Å². The lowest BCUT2D eigenvalue weighted by Crippen LogP contribution is -2.38. The summed E-state index contributed by atoms with van der Waals surface area (Å²) in [5.41, 5.74) is 0. The molecule has 1 aliphatic carbocycles. The van der Waals surface area contributed by atoms with Gasteiger partial charge in [0.15, 0.2) is 0 Å². The van der Waals surface area contributed by atoms with Crippen LogP contribution in [0.4, 0.5) is 0 Å². The van der Waals surface area contributed by atoms with Crippen LogP contribution in [0.3, 0.4) is 0 Å². The van der Waals surface area contributed by atoms with Gasteiger partial charge in [-0.2, -0.15) is 0 Å². The van der Waals surface area contributed by atoms with Gasteiger partial charge in [-0.15, -0.1) is 0 Å². The molecule has 1 heterocycles. The summed E-state index contributed by atoms with van der Waals surface area (Å²) in [5, 5.41) is 0. The molecular formula is C16H26N2O3. The molecule has 2 atom stereocenters. The molecule has 0 N–H and O–H groups in total. The summed E-state index contributed by atoms with van der Waals surface area (Å²) in [6.45, 7) is 4.20. The summed E-state index contributed by atoms with van der Waals surface area (Å²) in [6, 6.07) is -0.132. The summed E-state index contributed by atoms with van der Waals surface area (Å²) < 4.78 is 10.9. The van der Waals surface area contributed by atoms with Crippen molar-refractivity contribution >= 4 is 17.6 Å². The smallest absolute Gasteiger partial charge is 0.209 e. The first-order valence-corrected chi connectivity index (χ1v) is 7.80. The minimum absolute atomic E-state index is 0.0610. The monoisotopic (exact) mass is 294 g/mol. The maximum Gasteiger partial charge on any atom is 0.209 e. The predicted molar refractivity (Wildman–Crippen MR) is 82.9 cm³/mol. The molecule has 118 valence electrons. The topological polar surface area (TPSA) is 60.2 Å². The van der Waals surface area contributed by atoms with Crippen molar-refractivity contribution in [1.29, 1.82) is 0 Å². The highest BCUT2D eigenvalue weighted by atomic mass is 16.5. The number of hydrogen-bond donors (Lipinski definition) is 0. The van der Waals surface area contributed by atoms with Crippen LogP contribution in [-0.2, 0) is 14.3 Å². The molecular weight excluding hydrogens is 268 g/mol. The highest BCUT2D eigenvalue weighted by Gasteiger charge is 2.33. The molecule has 0 aromatic rings. The molecule has 21 heavy (non-hydrogen) atoms. The Morgan fingerprint density at radius 2 is 1.71 bits per heavy atom. The average molecular weight is 294 g/mol. The number of aliphatic imine (C=N–C) groups is 2. The number of Topliss-reactive ketones (excluding diaryl/α,β-unsaturated/α-hetero) is 1. The second kappa shape index (κ2) is 7.05. The third-order valence-electron chi connectivity index (χ3n) is 4.36. The minimum atomic E-state index is -0.0712. The zero-order valence-corrected chi connectivity index (χ0v) is 13.5. The van der Waals surface area contributed by atoms with Crippen molar-refractivity contribution in [3.8, 4) is 0 Å². The molecule has 2 rings (SSSR count). The molecule has 0 amide bonds. The zero-order chi connectivity index (χ0) is 15.4. The van der Waals surface area contributed by atoms with E-state index in [9.17, 15) is 4.79 Å². The first-order chi connectivity index (χ1) is 10.0. The van der Waals surface area contributed by atoms with Crippen LogP contribution in [0.15, 0.2) is 9.98 Å². The van der Waals surface area contributed by atoms with Crippen LogP contribution in [0.2, 0.25) is 0 Å². The van der Waals surface area contributed by atoms with Gasteiger partial charge in [0.25, 0.3) is 0 Å². The van der Waals surface area contributed by atoms with Crippen molar-refractivity contribution in [3.05, 3.63) is 0 Å². The fourth-order valence-corrected chi connectivity index (χ4v) is 3.06. The van der Waals surface area contributed by atoms with Gasteiger partial charge in [0.1, 0.15) is 17.9 Å². The molecule has 5 heteroatoms. The van der Waals surface area contributed by atoms with E-state index in [2.05, 4.69) is 18.8 Å². The molecule has 1 fully saturated rings. The quantitative estimate of drug-likeness (QED) is 0.804. The maximum absolute atomic E-state index is 11.3. The van der Waals surface area contributed by atoms with Crippen molar-refractivity contribution in [1.82, 2.24) is 0 Å². The van der Waals surface area contributed by atoms with E-state index in [-0.39, 0.29) is 12.1 Å². The van der Waals surface area contributed by atoms with Crippen LogP contribution in [0.5, 0.6) is 0 Å². The lowest BCUT2D eigenvalue weighted by atomic mass is 9.84. The van der Waals surface area contributed by atoms with Crippen LogP contribution in [0, 0.1) is 11.8 Å². The fraction of sp³-hybridized carbons (Fsp3) is 0.812. The van der Waals surface area contributed by atoms with Gasteiger partial charge in [0.2, 0.25) is 11.8 Å². The highest BCUT2D eigenvalue weighted by Crippen LogP contribution is 2.29. The second-order valence-electron chi connectivity index (χ2n) is 6.27. The first kappa shape index (κ1) is 16.0. The van der Waals surface area contributed by atoms with Gasteiger partial charge in [-0.05, 0) is 31.1 Å². The Morgan fingerprint density at radius 1 is 1.10 bits per heavy atom. The number of hydrogen-bond acceptors (Lipinski definition) is 5. The second-order valence-corrected chi connectivity index (χ2v) is 6.27. The Kier molecular flexibility index (Phi) is 5.37. The van der Waals surface area contributed by atoms with Gasteiger partial charge >= 0.3 is 0 Å². The van der Waals surface area contributed by atoms with Crippen molar-refractivity contribution in [3.63, 3.8) is 0 Å². The lowest BCUT2D eigenvalue weighted by Gasteiger charge is -2.30. The van der Waals surface area contributed by atoms with E-state index in [0.717, 1.165) is 19.3 Å². The van der Waals surface area contributed by atoms with Crippen molar-refractivity contribution in [2.75, 3.05) is 14.2 Å². The van der Waals surface area contributed by atoms with Crippen molar-refractivity contribution in [2.45, 2.75) is 58.0 Å². The van der Waals surface area contributed by atoms with E-state index in [4.69, 9.17) is 14.5 Å². The third-order valence-corrected chi connectivity index (χ3v) is 4.36. The molecule has 0 unspecified atom stereocenters. The van der Waals surface area contributed by atoms with E-state index in [1.54, 1.807) is 14.2 Å². The molecule has 0 spiro atoms. The summed E-state index contributed by atoms with van der Waals surface area (Å²) in [6.07, 6.45) is 4.20. The number of nitrogens with zero attached hydrogens (tertiary/aromatic N) is 2. The fourth-order valence-electron chi connectivity index (χ4n) is 3.06. The normalized spacial score (nSPS) is 27.4. The molecule has 0 aromatic carbocycles. The van der Waals surface area contributed by atoms with E-state index < -0.39 is 0 Å². The molecule has 5 nitrogen and oxygen atoms in total. The molecule has 0 saturated heterocycles. The van der Waals surface area contributed by atoms with Crippen molar-refractivity contribution in [2.24, 2.45) is 21.8 Å². The van der Waals surface area contributed by atoms with Gasteiger partial charge in [-0.1, -0.05) is 13.8 Å². The number of ether oxygens (including phenoxy) is 2. The van der Waals surface area contributed by atoms with Crippen LogP contribution >= 0.6 is 0 Å². The molecule has 0 aromatic heterocycles. The molecule has 1 saturated carbocycles. The largest absolute Gasteiger partial charge is 0.483 e. The maximum atomic E-state index is 11.3. The summed E-state index contributed by atoms with van der Waals surface area (Å²) in [5.74, 6) is 2.62. The number of carbonyl (C=O) groups excluding carboxylic acids is 1.